The number of anilines is 1. The number of hydrogen-bond acceptors (Lipinski definition) is 5. The van der Waals surface area contributed by atoms with E-state index >= 15 is 0 Å². The van der Waals surface area contributed by atoms with Gasteiger partial charge in [0.05, 0.1) is 18.8 Å². The zero-order chi connectivity index (χ0) is 21.3. The summed E-state index contributed by atoms with van der Waals surface area (Å²) in [5.41, 5.74) is 0.946. The Morgan fingerprint density at radius 1 is 1.00 bits per heavy atom. The van der Waals surface area contributed by atoms with Gasteiger partial charge in [-0.05, 0) is 19.5 Å². The van der Waals surface area contributed by atoms with E-state index < -0.39 is 11.5 Å². The first-order chi connectivity index (χ1) is 14.4. The lowest BCUT2D eigenvalue weighted by Gasteiger charge is -2.36. The number of carbonyl (C=O) groups excluding carboxylic acids is 2. The number of aliphatic hydroxyl groups is 1. The lowest BCUT2D eigenvalue weighted by Crippen LogP contribution is -2.52. The van der Waals surface area contributed by atoms with Crippen LogP contribution in [0, 0.1) is 6.92 Å². The highest BCUT2D eigenvalue weighted by atomic mass is 16.3. The predicted octanol–water partition coefficient (Wildman–Crippen LogP) is 2.40. The molecule has 0 saturated carbocycles. The molecule has 0 aromatic heterocycles. The molecule has 1 fully saturated rings. The fourth-order valence-electron chi connectivity index (χ4n) is 4.34. The third-order valence-electron chi connectivity index (χ3n) is 6.28. The van der Waals surface area contributed by atoms with E-state index in [2.05, 4.69) is 16.7 Å². The van der Waals surface area contributed by atoms with Crippen LogP contribution in [0.4, 0.5) is 5.69 Å². The molecule has 158 valence electrons. The Labute approximate surface area is 177 Å². The highest BCUT2D eigenvalue weighted by molar-refractivity contribution is 6.10. The number of piperazine rings is 1. The van der Waals surface area contributed by atoms with E-state index in [9.17, 15) is 14.7 Å². The molecule has 1 atom stereocenters. The minimum Gasteiger partial charge on any atom is -0.375 e. The number of nitrogens with zero attached hydrogens (tertiary/aromatic N) is 3. The van der Waals surface area contributed by atoms with Crippen LogP contribution in [0.2, 0.25) is 0 Å². The second-order valence-electron chi connectivity index (χ2n) is 8.27. The number of para-hydroxylation sites is 1. The molecule has 0 aliphatic carbocycles. The Bertz CT molecular complexity index is 935. The van der Waals surface area contributed by atoms with Crippen molar-refractivity contribution in [1.82, 2.24) is 9.80 Å². The molecular formula is C24H29N3O3. The number of rotatable bonds is 6. The highest BCUT2D eigenvalue weighted by Gasteiger charge is 2.51. The zero-order valence-corrected chi connectivity index (χ0v) is 17.7. The topological polar surface area (TPSA) is 64.1 Å². The van der Waals surface area contributed by atoms with Gasteiger partial charge in [0.1, 0.15) is 0 Å². The molecule has 1 N–H and O–H groups in total. The Morgan fingerprint density at radius 3 is 2.30 bits per heavy atom. The first-order valence-electron chi connectivity index (χ1n) is 10.6. The van der Waals surface area contributed by atoms with Gasteiger partial charge in [-0.15, -0.1) is 0 Å². The molecule has 0 spiro atoms. The van der Waals surface area contributed by atoms with Crippen molar-refractivity contribution in [3.8, 4) is 0 Å². The van der Waals surface area contributed by atoms with Gasteiger partial charge in [-0.3, -0.25) is 19.4 Å². The van der Waals surface area contributed by atoms with Gasteiger partial charge in [0.25, 0.3) is 5.91 Å². The van der Waals surface area contributed by atoms with Crippen LogP contribution in [0.15, 0.2) is 48.5 Å². The van der Waals surface area contributed by atoms with E-state index in [1.165, 1.54) is 0 Å². The number of Topliss-reactive ketones (excluding diaryl/α,β-unsaturated/α-hetero) is 1. The fraction of sp³-hybridized carbons (Fsp3) is 0.417. The van der Waals surface area contributed by atoms with Gasteiger partial charge >= 0.3 is 0 Å². The Kier molecular flexibility index (Phi) is 5.73. The van der Waals surface area contributed by atoms with E-state index in [4.69, 9.17) is 0 Å². The largest absolute Gasteiger partial charge is 0.375 e. The molecule has 2 aromatic rings. The number of aryl methyl sites for hydroxylation is 1. The van der Waals surface area contributed by atoms with Gasteiger partial charge in [-0.1, -0.05) is 55.0 Å². The monoisotopic (exact) mass is 407 g/mol. The van der Waals surface area contributed by atoms with E-state index in [1.807, 2.05) is 31.2 Å². The first-order valence-corrected chi connectivity index (χ1v) is 10.6. The third-order valence-corrected chi connectivity index (χ3v) is 6.28. The van der Waals surface area contributed by atoms with Crippen LogP contribution in [0.3, 0.4) is 0 Å². The number of likely N-dealkylation sites (N-methyl/N-ethyl adjacent to an activating group) is 1. The molecule has 1 unspecified atom stereocenters. The van der Waals surface area contributed by atoms with Crippen molar-refractivity contribution < 1.29 is 14.7 Å². The van der Waals surface area contributed by atoms with Gasteiger partial charge in [0.2, 0.25) is 0 Å². The Morgan fingerprint density at radius 2 is 1.63 bits per heavy atom. The van der Waals surface area contributed by atoms with Crippen LogP contribution in [-0.4, -0.2) is 66.0 Å². The Hall–Kier alpha value is -2.54. The van der Waals surface area contributed by atoms with Crippen LogP contribution in [0.5, 0.6) is 0 Å². The number of hydrogen-bond donors (Lipinski definition) is 1. The van der Waals surface area contributed by atoms with E-state index in [0.717, 1.165) is 38.3 Å². The second-order valence-corrected chi connectivity index (χ2v) is 8.27. The van der Waals surface area contributed by atoms with Crippen LogP contribution < -0.4 is 4.90 Å². The molecule has 4 rings (SSSR count). The van der Waals surface area contributed by atoms with Crippen molar-refractivity contribution in [3.63, 3.8) is 0 Å². The first kappa shape index (κ1) is 20.7. The summed E-state index contributed by atoms with van der Waals surface area (Å²) in [4.78, 5) is 32.5. The lowest BCUT2D eigenvalue weighted by molar-refractivity contribution is -0.136. The summed E-state index contributed by atoms with van der Waals surface area (Å²) in [6.07, 6.45) is -0.258. The Balaban J connectivity index is 1.56. The van der Waals surface area contributed by atoms with Gasteiger partial charge in [0, 0.05) is 37.3 Å². The van der Waals surface area contributed by atoms with Crippen LogP contribution in [-0.2, 0) is 10.4 Å². The summed E-state index contributed by atoms with van der Waals surface area (Å²) < 4.78 is 0. The number of amides is 1. The second kappa shape index (κ2) is 8.30. The van der Waals surface area contributed by atoms with Crippen molar-refractivity contribution in [2.75, 3.05) is 44.3 Å². The summed E-state index contributed by atoms with van der Waals surface area (Å²) in [6, 6.07) is 14.5. The maximum Gasteiger partial charge on any atom is 0.265 e. The summed E-state index contributed by atoms with van der Waals surface area (Å²) >= 11 is 0. The van der Waals surface area contributed by atoms with Gasteiger partial charge in [-0.2, -0.15) is 0 Å². The molecule has 0 radical (unpaired) electrons. The molecule has 2 aliphatic rings. The maximum atomic E-state index is 13.4. The molecule has 2 aromatic carbocycles. The van der Waals surface area contributed by atoms with Gasteiger partial charge in [-0.25, -0.2) is 0 Å². The molecule has 6 heteroatoms. The number of fused-ring (bicyclic) bond motifs is 1. The zero-order valence-electron chi connectivity index (χ0n) is 17.7. The molecule has 2 heterocycles. The highest BCUT2D eigenvalue weighted by Crippen LogP contribution is 2.42. The van der Waals surface area contributed by atoms with E-state index in [-0.39, 0.29) is 12.2 Å². The standard InChI is InChI=1S/C24H29N3O3/c1-3-25-12-14-26(15-13-25)17-27-21-7-5-4-6-20(21)24(30,23(27)29)16-22(28)19-10-8-18(2)9-11-19/h4-11,30H,3,12-17H2,1-2H3. The summed E-state index contributed by atoms with van der Waals surface area (Å²) in [5.74, 6) is -0.652. The van der Waals surface area contributed by atoms with Crippen LogP contribution in [0.25, 0.3) is 0 Å². The normalized spacial score (nSPS) is 22.4. The smallest absolute Gasteiger partial charge is 0.265 e. The lowest BCUT2D eigenvalue weighted by atomic mass is 9.88. The van der Waals surface area contributed by atoms with Gasteiger partial charge < -0.3 is 10.0 Å². The predicted molar refractivity (Wildman–Crippen MR) is 117 cm³/mol. The summed E-state index contributed by atoms with van der Waals surface area (Å²) in [5, 5.41) is 11.4. The quantitative estimate of drug-likeness (QED) is 0.745. The average molecular weight is 408 g/mol. The van der Waals surface area contributed by atoms with Crippen molar-refractivity contribution in [1.29, 1.82) is 0 Å². The minimum atomic E-state index is -1.83. The SMILES string of the molecule is CCN1CCN(CN2C(=O)C(O)(CC(=O)c3ccc(C)cc3)c3ccccc32)CC1. The summed E-state index contributed by atoms with van der Waals surface area (Å²) in [7, 11) is 0. The van der Waals surface area contributed by atoms with Crippen molar-refractivity contribution in [2.24, 2.45) is 0 Å². The number of benzene rings is 2. The third kappa shape index (κ3) is 3.78. The molecule has 30 heavy (non-hydrogen) atoms. The van der Waals surface area contributed by atoms with Crippen molar-refractivity contribution in [3.05, 3.63) is 65.2 Å². The van der Waals surface area contributed by atoms with Crippen molar-refractivity contribution in [2.45, 2.75) is 25.9 Å². The van der Waals surface area contributed by atoms with Crippen LogP contribution in [0.1, 0.15) is 34.8 Å². The van der Waals surface area contributed by atoms with E-state index in [0.29, 0.717) is 23.5 Å². The number of carbonyl (C=O) groups is 2. The van der Waals surface area contributed by atoms with E-state index in [1.54, 1.807) is 29.2 Å². The fourth-order valence-corrected chi connectivity index (χ4v) is 4.34. The molecule has 6 nitrogen and oxygen atoms in total. The maximum absolute atomic E-state index is 13.4. The minimum absolute atomic E-state index is 0.237. The summed E-state index contributed by atoms with van der Waals surface area (Å²) in [6.45, 7) is 9.25. The molecular weight excluding hydrogens is 378 g/mol. The van der Waals surface area contributed by atoms with Crippen LogP contribution >= 0.6 is 0 Å². The van der Waals surface area contributed by atoms with Crippen molar-refractivity contribution >= 4 is 17.4 Å². The molecule has 2 aliphatic heterocycles. The molecule has 1 amide bonds. The molecule has 1 saturated heterocycles. The number of ketones is 1. The van der Waals surface area contributed by atoms with Gasteiger partial charge in [0.15, 0.2) is 11.4 Å². The molecule has 0 bridgehead atoms. The average Bonchev–Trinajstić information content (AvgIpc) is 2.97.